The first kappa shape index (κ1) is 107. The number of benzene rings is 10. The van der Waals surface area contributed by atoms with Crippen LogP contribution in [0.5, 0.6) is 28.7 Å². The van der Waals surface area contributed by atoms with Crippen molar-refractivity contribution in [2.45, 2.75) is 183 Å². The van der Waals surface area contributed by atoms with E-state index in [4.69, 9.17) is 47.4 Å². The Labute approximate surface area is 830 Å². The fraction of sp³-hybridized carbons (Fsp3) is 0.248. The Morgan fingerprint density at radius 2 is 0.641 bits per heavy atom. The first-order chi connectivity index (χ1) is 67.8. The van der Waals surface area contributed by atoms with E-state index in [0.29, 0.717) is 106 Å². The van der Waals surface area contributed by atoms with Crippen molar-refractivity contribution in [3.05, 3.63) is 401 Å². The van der Waals surface area contributed by atoms with Gasteiger partial charge in [0.1, 0.15) is 52.9 Å². The molecule has 0 bridgehead atoms. The molecule has 10 aromatic carbocycles. The van der Waals surface area contributed by atoms with Gasteiger partial charge in [0.15, 0.2) is 11.6 Å². The first-order valence-electron chi connectivity index (χ1n) is 47.1. The van der Waals surface area contributed by atoms with Crippen LogP contribution in [0.15, 0.2) is 322 Å². The highest BCUT2D eigenvalue weighted by atomic mass is 19.1. The highest BCUT2D eigenvalue weighted by molar-refractivity contribution is 5.93. The summed E-state index contributed by atoms with van der Waals surface area (Å²) in [4.78, 5) is 105. The molecule has 0 N–H and O–H groups in total. The lowest BCUT2D eigenvalue weighted by Gasteiger charge is -2.17. The average molecular weight is 1920 g/mol. The van der Waals surface area contributed by atoms with Crippen molar-refractivity contribution in [1.82, 2.24) is 0 Å². The van der Waals surface area contributed by atoms with Gasteiger partial charge in [-0.15, -0.1) is 0 Å². The molecule has 5 aliphatic rings. The minimum Gasteiger partial charge on any atom is -0.486 e. The second-order valence-corrected chi connectivity index (χ2v) is 35.8. The molecule has 0 heterocycles. The van der Waals surface area contributed by atoms with E-state index in [0.717, 1.165) is 144 Å². The maximum absolute atomic E-state index is 14.8. The highest BCUT2D eigenvalue weighted by Crippen LogP contribution is 2.47. The van der Waals surface area contributed by atoms with Crippen LogP contribution in [0, 0.1) is 11.6 Å². The van der Waals surface area contributed by atoms with Gasteiger partial charge in [0, 0.05) is 62.3 Å². The summed E-state index contributed by atoms with van der Waals surface area (Å²) in [6.45, 7) is 55.4. The molecule has 142 heavy (non-hydrogen) atoms. The summed E-state index contributed by atoms with van der Waals surface area (Å²) in [5.41, 5.74) is 26.7. The number of fused-ring (bicyclic) bond motifs is 5. The topological polar surface area (TPSA) is 246 Å². The van der Waals surface area contributed by atoms with Crippen molar-refractivity contribution in [2.24, 2.45) is 0 Å². The first-order valence-corrected chi connectivity index (χ1v) is 47.1. The lowest BCUT2D eigenvalue weighted by Crippen LogP contribution is -2.10. The van der Waals surface area contributed by atoms with Gasteiger partial charge >= 0.3 is 53.7 Å². The molecule has 0 fully saturated rings. The van der Waals surface area contributed by atoms with E-state index < -0.39 is 41.5 Å². The number of esters is 9. The molecule has 0 amide bonds. The predicted molar refractivity (Wildman–Crippen MR) is 549 cm³/mol. The van der Waals surface area contributed by atoms with Crippen LogP contribution in [0.2, 0.25) is 0 Å². The fourth-order valence-corrected chi connectivity index (χ4v) is 16.8. The normalized spacial score (nSPS) is 13.8. The van der Waals surface area contributed by atoms with E-state index in [-0.39, 0.29) is 64.8 Å². The van der Waals surface area contributed by atoms with Gasteiger partial charge in [0.25, 0.3) is 0 Å². The molecule has 3 atom stereocenters. The number of carbonyl (C=O) groups excluding carboxylic acids is 9. The quantitative estimate of drug-likeness (QED) is 0.00723. The van der Waals surface area contributed by atoms with Crippen LogP contribution >= 0.6 is 0 Å². The molecule has 3 unspecified atom stereocenters. The molecular formula is C121H120F2O19. The minimum absolute atomic E-state index is 0.0138. The van der Waals surface area contributed by atoms with E-state index in [1.807, 2.05) is 85.8 Å². The smallest absolute Gasteiger partial charge is 0.338 e. The van der Waals surface area contributed by atoms with Crippen LogP contribution in [0.3, 0.4) is 0 Å². The van der Waals surface area contributed by atoms with Gasteiger partial charge in [-0.25, -0.2) is 51.9 Å². The zero-order valence-corrected chi connectivity index (χ0v) is 82.2. The van der Waals surface area contributed by atoms with Crippen molar-refractivity contribution in [3.63, 3.8) is 0 Å². The molecule has 732 valence electrons. The van der Waals surface area contributed by atoms with Gasteiger partial charge in [-0.3, -0.25) is 0 Å². The molecule has 21 heteroatoms. The Bertz CT molecular complexity index is 6670. The molecule has 15 rings (SSSR count). The van der Waals surface area contributed by atoms with Gasteiger partial charge in [-0.2, -0.15) is 0 Å². The molecular weight excluding hydrogens is 1800 g/mol. The number of halogens is 2. The molecule has 0 spiro atoms. The van der Waals surface area contributed by atoms with E-state index >= 15 is 0 Å². The average Bonchev–Trinajstić information content (AvgIpc) is 1.63. The maximum atomic E-state index is 14.8. The second kappa shape index (κ2) is 49.7. The van der Waals surface area contributed by atoms with E-state index in [2.05, 4.69) is 133 Å². The zero-order valence-electron chi connectivity index (χ0n) is 82.2. The summed E-state index contributed by atoms with van der Waals surface area (Å²) in [5, 5.41) is 0. The molecule has 0 saturated carbocycles. The van der Waals surface area contributed by atoms with Crippen molar-refractivity contribution in [3.8, 4) is 84.4 Å². The number of aryl methyl sites for hydroxylation is 2. The molecule has 0 saturated heterocycles. The fourth-order valence-electron chi connectivity index (χ4n) is 16.8. The summed E-state index contributed by atoms with van der Waals surface area (Å²) in [6, 6.07) is 58.6. The van der Waals surface area contributed by atoms with Crippen LogP contribution in [0.1, 0.15) is 192 Å². The van der Waals surface area contributed by atoms with E-state index in [1.165, 1.54) is 88.2 Å². The Balaban J connectivity index is 0.000000170. The Kier molecular flexibility index (Phi) is 37.3. The SMILES string of the molecule is C=C(C)C(=C)OC1CCc2c(-c3ccc(OC(=O)C(=C)C)cc3)cccc21.C=C(C)C(=O)OCCCc1ccc(-c2ccc(OC(=O)C(=C)C)c3c2CCC3)cc1.C=C(C)C(=O)Oc1ccc(-c2cccc3c2CCC3OC(=O)C(=C)C)c(F)c1.C=C(C)C(=O)Oc1ccc(-c2cccc3c2CCC3OC(=O)C(=C)C)cc1F.C=CC(=O)OCCCc1ccc(-c2ccc(OC(=O)C(=C)C)c3c2CCC3)cc1. The number of hydrogen-bond donors (Lipinski definition) is 0. The zero-order chi connectivity index (χ0) is 103. The lowest BCUT2D eigenvalue weighted by atomic mass is 9.95. The Morgan fingerprint density at radius 1 is 0.303 bits per heavy atom. The molecule has 10 aromatic rings. The Morgan fingerprint density at radius 3 is 1.05 bits per heavy atom. The highest BCUT2D eigenvalue weighted by Gasteiger charge is 2.33. The summed E-state index contributed by atoms with van der Waals surface area (Å²) < 4.78 is 82.8. The van der Waals surface area contributed by atoms with Crippen molar-refractivity contribution < 1.29 is 99.3 Å². The third kappa shape index (κ3) is 28.1. The largest absolute Gasteiger partial charge is 0.486 e. The lowest BCUT2D eigenvalue weighted by molar-refractivity contribution is -0.145. The van der Waals surface area contributed by atoms with Crippen LogP contribution < -0.4 is 23.7 Å². The number of hydrogen-bond acceptors (Lipinski definition) is 19. The van der Waals surface area contributed by atoms with Crippen molar-refractivity contribution in [2.75, 3.05) is 13.2 Å². The van der Waals surface area contributed by atoms with Gasteiger partial charge < -0.3 is 47.4 Å². The van der Waals surface area contributed by atoms with Crippen molar-refractivity contribution >= 4 is 53.7 Å². The summed E-state index contributed by atoms with van der Waals surface area (Å²) in [6.07, 6.45) is 14.2. The number of rotatable bonds is 32. The summed E-state index contributed by atoms with van der Waals surface area (Å²) >= 11 is 0. The van der Waals surface area contributed by atoms with Crippen LogP contribution in [0.25, 0.3) is 55.6 Å². The molecule has 0 aromatic heterocycles. The standard InChI is InChI=1S/C26H28O4.C25H26O4.C24H24O3.2C23H21FO4/c1-17(2)25(27)29-16-6-7-19-10-12-20(13-11-19)21-14-15-24(30-26(28)18(3)4)23-9-5-8-22(21)23;1-4-24(26)28-16-6-7-18-10-12-19(13-11-18)20-14-15-23(29-25(27)17(2)3)22-9-5-8-21(20)22;1-15(2)17(5)26-23-14-13-21-20(7-6-8-22(21)23)18-9-11-19(12-10-18)27-24(25)16(3)4;1-13(2)22(25)27-20-11-9-17-16(6-5-7-18(17)20)15-8-10-21(19(24)12-15)28-23(26)14(3)4;1-13(2)22(25)27-15-8-9-18(20(24)12-15)16-6-5-7-19-17(16)10-11-21(19)28-23(26)14(3)4/h10-15H,1,3,5-9,16H2,2,4H3;4,10-15H,1-2,5-9,16H2,3H3;6-12,23H,1,3,5,13-14H2,2,4H3;5-8,10,12,20H,1,3,9,11H2,2,4H3;5-9,12,21H,1,3,10-11H2,2,4H3. The van der Waals surface area contributed by atoms with E-state index in [1.54, 1.807) is 71.9 Å². The molecule has 0 aliphatic heterocycles. The number of carbonyl (C=O) groups is 9. The summed E-state index contributed by atoms with van der Waals surface area (Å²) in [5.74, 6) is -2.71. The van der Waals surface area contributed by atoms with Crippen molar-refractivity contribution in [1.29, 1.82) is 0 Å². The second-order valence-electron chi connectivity index (χ2n) is 35.8. The van der Waals surface area contributed by atoms with Gasteiger partial charge in [-0.1, -0.05) is 206 Å². The van der Waals surface area contributed by atoms with Crippen LogP contribution in [0.4, 0.5) is 8.78 Å². The third-order valence-corrected chi connectivity index (χ3v) is 24.2. The van der Waals surface area contributed by atoms with Gasteiger partial charge in [-0.05, 0) is 336 Å². The number of allylic oxidation sites excluding steroid dienone is 1. The number of ether oxygens (including phenoxy) is 10. The van der Waals surface area contributed by atoms with Crippen LogP contribution in [-0.4, -0.2) is 66.9 Å². The molecule has 5 aliphatic carbocycles. The predicted octanol–water partition coefficient (Wildman–Crippen LogP) is 26.5. The monoisotopic (exact) mass is 1910 g/mol. The van der Waals surface area contributed by atoms with Gasteiger partial charge in [0.2, 0.25) is 0 Å². The minimum atomic E-state index is -0.672. The molecule has 0 radical (unpaired) electrons. The van der Waals surface area contributed by atoms with Crippen LogP contribution in [-0.2, 0) is 125 Å². The Hall–Kier alpha value is -15.8. The van der Waals surface area contributed by atoms with E-state index in [9.17, 15) is 51.9 Å². The third-order valence-electron chi connectivity index (χ3n) is 24.2. The summed E-state index contributed by atoms with van der Waals surface area (Å²) in [7, 11) is 0. The van der Waals surface area contributed by atoms with Gasteiger partial charge in [0.05, 0.1) is 13.2 Å². The molecule has 19 nitrogen and oxygen atoms in total. The maximum Gasteiger partial charge on any atom is 0.338 e.